The van der Waals surface area contributed by atoms with Crippen LogP contribution in [0.25, 0.3) is 0 Å². The highest BCUT2D eigenvalue weighted by molar-refractivity contribution is 4.80. The Hall–Kier alpha value is -0.0800. The van der Waals surface area contributed by atoms with Gasteiger partial charge in [-0.15, -0.1) is 0 Å². The van der Waals surface area contributed by atoms with Crippen molar-refractivity contribution in [3.8, 4) is 0 Å². The minimum absolute atomic E-state index is 0.244. The number of aliphatic hydroxyl groups is 1. The maximum atomic E-state index is 8.87. The van der Waals surface area contributed by atoms with Gasteiger partial charge in [0.25, 0.3) is 0 Å². The summed E-state index contributed by atoms with van der Waals surface area (Å²) in [4.78, 5) is 0. The Kier molecular flexibility index (Phi) is 2.69. The van der Waals surface area contributed by atoms with Gasteiger partial charge < -0.3 is 10.8 Å². The first-order valence-corrected chi connectivity index (χ1v) is 4.10. The van der Waals surface area contributed by atoms with E-state index in [1.165, 1.54) is 6.42 Å². The Morgan fingerprint density at radius 2 is 2.20 bits per heavy atom. The summed E-state index contributed by atoms with van der Waals surface area (Å²) in [5, 5.41) is 8.87. The lowest BCUT2D eigenvalue weighted by atomic mass is 9.80. The molecule has 1 unspecified atom stereocenters. The van der Waals surface area contributed by atoms with Gasteiger partial charge in [-0.2, -0.15) is 0 Å². The van der Waals surface area contributed by atoms with Gasteiger partial charge in [0.1, 0.15) is 0 Å². The molecule has 0 bridgehead atoms. The van der Waals surface area contributed by atoms with Gasteiger partial charge in [-0.05, 0) is 24.7 Å². The molecule has 10 heavy (non-hydrogen) atoms. The monoisotopic (exact) mass is 143 g/mol. The zero-order chi connectivity index (χ0) is 7.56. The third-order valence-electron chi connectivity index (χ3n) is 2.54. The molecule has 2 nitrogen and oxygen atoms in total. The molecule has 1 rings (SSSR count). The predicted octanol–water partition coefficient (Wildman–Crippen LogP) is 0.742. The quantitative estimate of drug-likeness (QED) is 0.568. The van der Waals surface area contributed by atoms with Crippen LogP contribution in [0.1, 0.15) is 26.2 Å². The van der Waals surface area contributed by atoms with Crippen LogP contribution >= 0.6 is 0 Å². The summed E-state index contributed by atoms with van der Waals surface area (Å²) in [5.41, 5.74) is 5.82. The van der Waals surface area contributed by atoms with Crippen molar-refractivity contribution < 1.29 is 5.11 Å². The molecule has 1 aliphatic carbocycles. The van der Waals surface area contributed by atoms with Gasteiger partial charge in [-0.1, -0.05) is 13.3 Å². The number of aliphatic hydroxyl groups excluding tert-OH is 1. The Bertz CT molecular complexity index is 105. The fraction of sp³-hybridized carbons (Fsp3) is 1.00. The maximum absolute atomic E-state index is 8.87. The van der Waals surface area contributed by atoms with Crippen LogP contribution < -0.4 is 5.73 Å². The van der Waals surface area contributed by atoms with E-state index in [0.29, 0.717) is 5.92 Å². The summed E-state index contributed by atoms with van der Waals surface area (Å²) in [5.74, 6) is 1.13. The molecule has 1 aliphatic rings. The van der Waals surface area contributed by atoms with Crippen molar-refractivity contribution in [1.29, 1.82) is 0 Å². The van der Waals surface area contributed by atoms with Crippen molar-refractivity contribution in [2.24, 2.45) is 17.6 Å². The summed E-state index contributed by atoms with van der Waals surface area (Å²) >= 11 is 0. The molecule has 0 aromatic carbocycles. The summed E-state index contributed by atoms with van der Waals surface area (Å²) in [6, 6.07) is 0.244. The second-order valence-corrected chi connectivity index (χ2v) is 3.52. The average Bonchev–Trinajstić information content (AvgIpc) is 1.88. The minimum Gasteiger partial charge on any atom is -0.396 e. The molecule has 0 aliphatic heterocycles. The summed E-state index contributed by atoms with van der Waals surface area (Å²) < 4.78 is 0. The lowest BCUT2D eigenvalue weighted by Gasteiger charge is -2.30. The van der Waals surface area contributed by atoms with Gasteiger partial charge in [-0.3, -0.25) is 0 Å². The van der Waals surface area contributed by atoms with Crippen molar-refractivity contribution in [2.45, 2.75) is 32.2 Å². The van der Waals surface area contributed by atoms with E-state index in [-0.39, 0.29) is 12.6 Å². The second-order valence-electron chi connectivity index (χ2n) is 3.52. The Morgan fingerprint density at radius 1 is 1.50 bits per heavy atom. The number of hydrogen-bond donors (Lipinski definition) is 2. The van der Waals surface area contributed by atoms with Gasteiger partial charge in [0.05, 0.1) is 0 Å². The number of rotatable bonds is 1. The van der Waals surface area contributed by atoms with Crippen molar-refractivity contribution in [3.05, 3.63) is 0 Å². The summed E-state index contributed by atoms with van der Waals surface area (Å²) in [7, 11) is 0. The predicted molar refractivity (Wildman–Crippen MR) is 41.6 cm³/mol. The standard InChI is InChI=1S/C8H17NO/c1-6-2-3-7(5-10)8(9)4-6/h6-8,10H,2-5,9H2,1H3/t6?,7-,8-/m1/s1. The third-order valence-corrected chi connectivity index (χ3v) is 2.54. The minimum atomic E-state index is 0.244. The number of hydrogen-bond acceptors (Lipinski definition) is 2. The zero-order valence-corrected chi connectivity index (χ0v) is 6.59. The van der Waals surface area contributed by atoms with Gasteiger partial charge in [0, 0.05) is 12.6 Å². The smallest absolute Gasteiger partial charge is 0.0474 e. The fourth-order valence-electron chi connectivity index (χ4n) is 1.71. The molecule has 0 aromatic heterocycles. The van der Waals surface area contributed by atoms with Gasteiger partial charge >= 0.3 is 0 Å². The first-order valence-electron chi connectivity index (χ1n) is 4.10. The first-order chi connectivity index (χ1) is 4.74. The van der Waals surface area contributed by atoms with Gasteiger partial charge in [0.2, 0.25) is 0 Å². The molecule has 0 heterocycles. The van der Waals surface area contributed by atoms with E-state index in [9.17, 15) is 0 Å². The van der Waals surface area contributed by atoms with E-state index in [4.69, 9.17) is 10.8 Å². The largest absolute Gasteiger partial charge is 0.396 e. The Labute approximate surface area is 62.4 Å². The highest BCUT2D eigenvalue weighted by atomic mass is 16.3. The lowest BCUT2D eigenvalue weighted by Crippen LogP contribution is -2.37. The molecular formula is C8H17NO. The Morgan fingerprint density at radius 3 is 2.70 bits per heavy atom. The molecule has 3 N–H and O–H groups in total. The van der Waals surface area contributed by atoms with E-state index in [0.717, 1.165) is 18.8 Å². The molecule has 60 valence electrons. The Balaban J connectivity index is 2.36. The van der Waals surface area contributed by atoms with Crippen molar-refractivity contribution in [2.75, 3.05) is 6.61 Å². The fourth-order valence-corrected chi connectivity index (χ4v) is 1.71. The molecule has 0 aromatic rings. The normalized spacial score (nSPS) is 41.7. The van der Waals surface area contributed by atoms with E-state index in [1.807, 2.05) is 0 Å². The SMILES string of the molecule is CC1CC[C@H](CO)[C@H](N)C1. The zero-order valence-electron chi connectivity index (χ0n) is 6.59. The van der Waals surface area contributed by atoms with Crippen LogP contribution in [0.3, 0.4) is 0 Å². The molecular weight excluding hydrogens is 126 g/mol. The van der Waals surface area contributed by atoms with Gasteiger partial charge in [0.15, 0.2) is 0 Å². The van der Waals surface area contributed by atoms with E-state index >= 15 is 0 Å². The summed E-state index contributed by atoms with van der Waals surface area (Å²) in [6.07, 6.45) is 3.43. The van der Waals surface area contributed by atoms with Crippen molar-refractivity contribution >= 4 is 0 Å². The average molecular weight is 143 g/mol. The molecule has 0 amide bonds. The van der Waals surface area contributed by atoms with Crippen LogP contribution in [-0.2, 0) is 0 Å². The van der Waals surface area contributed by atoms with Crippen molar-refractivity contribution in [1.82, 2.24) is 0 Å². The number of nitrogens with two attached hydrogens (primary N) is 1. The lowest BCUT2D eigenvalue weighted by molar-refractivity contribution is 0.151. The van der Waals surface area contributed by atoms with Crippen molar-refractivity contribution in [3.63, 3.8) is 0 Å². The van der Waals surface area contributed by atoms with Crippen LogP contribution in [0.2, 0.25) is 0 Å². The molecule has 0 radical (unpaired) electrons. The van der Waals surface area contributed by atoms with Crippen LogP contribution in [0, 0.1) is 11.8 Å². The highest BCUT2D eigenvalue weighted by Gasteiger charge is 2.24. The molecule has 0 saturated heterocycles. The highest BCUT2D eigenvalue weighted by Crippen LogP contribution is 2.26. The molecule has 3 atom stereocenters. The van der Waals surface area contributed by atoms with Crippen LogP contribution in [0.4, 0.5) is 0 Å². The maximum Gasteiger partial charge on any atom is 0.0474 e. The van der Waals surface area contributed by atoms with E-state index in [1.54, 1.807) is 0 Å². The molecule has 2 heteroatoms. The topological polar surface area (TPSA) is 46.2 Å². The molecule has 1 saturated carbocycles. The second kappa shape index (κ2) is 3.35. The summed E-state index contributed by atoms with van der Waals surface area (Å²) in [6.45, 7) is 2.50. The van der Waals surface area contributed by atoms with E-state index in [2.05, 4.69) is 6.92 Å². The molecule has 0 spiro atoms. The van der Waals surface area contributed by atoms with Crippen LogP contribution in [-0.4, -0.2) is 17.8 Å². The van der Waals surface area contributed by atoms with Crippen LogP contribution in [0.5, 0.6) is 0 Å². The third kappa shape index (κ3) is 1.70. The van der Waals surface area contributed by atoms with Crippen LogP contribution in [0.15, 0.2) is 0 Å². The van der Waals surface area contributed by atoms with E-state index < -0.39 is 0 Å². The first kappa shape index (κ1) is 8.02. The molecule has 1 fully saturated rings. The van der Waals surface area contributed by atoms with Gasteiger partial charge in [-0.25, -0.2) is 0 Å².